The number of nitrogens with one attached hydrogen (secondary N) is 1. The Kier molecular flexibility index (Phi) is 4.65. The number of hydrogen-bond acceptors (Lipinski definition) is 3. The van der Waals surface area contributed by atoms with Gasteiger partial charge in [0.2, 0.25) is 0 Å². The van der Waals surface area contributed by atoms with Crippen LogP contribution in [0.1, 0.15) is 18.4 Å². The van der Waals surface area contributed by atoms with E-state index in [0.29, 0.717) is 0 Å². The molecule has 2 rings (SSSR count). The Balaban J connectivity index is 1.78. The van der Waals surface area contributed by atoms with E-state index in [0.717, 1.165) is 5.56 Å². The lowest BCUT2D eigenvalue weighted by molar-refractivity contribution is -0.182. The van der Waals surface area contributed by atoms with Crippen molar-refractivity contribution in [1.29, 1.82) is 0 Å². The highest BCUT2D eigenvalue weighted by molar-refractivity contribution is 5.75. The van der Waals surface area contributed by atoms with E-state index in [1.54, 1.807) is 0 Å². The van der Waals surface area contributed by atoms with E-state index in [4.69, 9.17) is 4.74 Å². The molecule has 1 aromatic rings. The van der Waals surface area contributed by atoms with Crippen LogP contribution in [-0.2, 0) is 16.1 Å². The first-order valence-electron chi connectivity index (χ1n) is 6.47. The van der Waals surface area contributed by atoms with Gasteiger partial charge in [-0.1, -0.05) is 30.3 Å². The maximum Gasteiger partial charge on any atom is 0.393 e. The maximum absolute atomic E-state index is 12.5. The summed E-state index contributed by atoms with van der Waals surface area (Å²) >= 11 is 0. The lowest BCUT2D eigenvalue weighted by Crippen LogP contribution is -2.48. The van der Waals surface area contributed by atoms with Gasteiger partial charge in [0, 0.05) is 6.54 Å². The summed E-state index contributed by atoms with van der Waals surface area (Å²) < 4.78 is 42.6. The van der Waals surface area contributed by atoms with Crippen LogP contribution in [-0.4, -0.2) is 24.7 Å². The largest absolute Gasteiger partial charge is 0.460 e. The topological polar surface area (TPSA) is 38.3 Å². The molecule has 0 saturated carbocycles. The molecule has 110 valence electrons. The van der Waals surface area contributed by atoms with E-state index in [1.807, 2.05) is 30.3 Å². The number of carbonyl (C=O) groups is 1. The maximum atomic E-state index is 12.5. The van der Waals surface area contributed by atoms with Gasteiger partial charge in [-0.2, -0.15) is 13.2 Å². The Morgan fingerprint density at radius 1 is 1.25 bits per heavy atom. The van der Waals surface area contributed by atoms with Crippen LogP contribution in [0.25, 0.3) is 0 Å². The predicted molar refractivity (Wildman–Crippen MR) is 66.8 cm³/mol. The predicted octanol–water partition coefficient (Wildman–Crippen LogP) is 2.66. The molecule has 0 amide bonds. The first-order valence-corrected chi connectivity index (χ1v) is 6.47. The monoisotopic (exact) mass is 287 g/mol. The highest BCUT2D eigenvalue weighted by Gasteiger charge is 2.42. The summed E-state index contributed by atoms with van der Waals surface area (Å²) in [5.74, 6) is -1.87. The average molecular weight is 287 g/mol. The molecule has 20 heavy (non-hydrogen) atoms. The molecule has 3 nitrogen and oxygen atoms in total. The third kappa shape index (κ3) is 3.96. The van der Waals surface area contributed by atoms with E-state index in [2.05, 4.69) is 5.32 Å². The van der Waals surface area contributed by atoms with E-state index in [-0.39, 0.29) is 26.0 Å². The first kappa shape index (κ1) is 14.8. The molecule has 6 heteroatoms. The summed E-state index contributed by atoms with van der Waals surface area (Å²) in [7, 11) is 0. The van der Waals surface area contributed by atoms with Gasteiger partial charge < -0.3 is 10.1 Å². The molecular formula is C14H16F3NO2. The van der Waals surface area contributed by atoms with Gasteiger partial charge in [-0.05, 0) is 18.4 Å². The molecule has 1 aliphatic heterocycles. The van der Waals surface area contributed by atoms with Crippen molar-refractivity contribution < 1.29 is 22.7 Å². The fourth-order valence-corrected chi connectivity index (χ4v) is 2.17. The highest BCUT2D eigenvalue weighted by atomic mass is 19.4. The van der Waals surface area contributed by atoms with Gasteiger partial charge in [-0.3, -0.25) is 4.79 Å². The summed E-state index contributed by atoms with van der Waals surface area (Å²) in [6.07, 6.45) is -4.09. The highest BCUT2D eigenvalue weighted by Crippen LogP contribution is 2.32. The molecule has 0 unspecified atom stereocenters. The number of rotatable bonds is 3. The van der Waals surface area contributed by atoms with Gasteiger partial charge in [-0.25, -0.2) is 0 Å². The van der Waals surface area contributed by atoms with Gasteiger partial charge in [0.25, 0.3) is 0 Å². The van der Waals surface area contributed by atoms with Gasteiger partial charge in [0.1, 0.15) is 12.6 Å². The van der Waals surface area contributed by atoms with Crippen LogP contribution in [0.5, 0.6) is 0 Å². The SMILES string of the molecule is O=C(OCc1ccccc1)[C@@H]1CC[C@H](C(F)(F)F)CN1. The normalized spacial score (nSPS) is 23.4. The Bertz CT molecular complexity index is 439. The van der Waals surface area contributed by atoms with Crippen molar-refractivity contribution in [3.63, 3.8) is 0 Å². The van der Waals surface area contributed by atoms with Gasteiger partial charge in [-0.15, -0.1) is 0 Å². The molecule has 1 aromatic carbocycles. The Morgan fingerprint density at radius 3 is 2.50 bits per heavy atom. The average Bonchev–Trinajstić information content (AvgIpc) is 2.45. The van der Waals surface area contributed by atoms with E-state index in [1.165, 1.54) is 0 Å². The molecule has 1 saturated heterocycles. The third-order valence-electron chi connectivity index (χ3n) is 3.39. The number of alkyl halides is 3. The zero-order chi connectivity index (χ0) is 14.6. The van der Waals surface area contributed by atoms with Crippen LogP contribution < -0.4 is 5.32 Å². The molecule has 0 spiro atoms. The minimum absolute atomic E-state index is 0.0401. The molecule has 1 fully saturated rings. The van der Waals surface area contributed by atoms with Crippen molar-refractivity contribution in [2.24, 2.45) is 5.92 Å². The molecule has 0 aromatic heterocycles. The van der Waals surface area contributed by atoms with E-state index >= 15 is 0 Å². The first-order chi connectivity index (χ1) is 9.47. The minimum Gasteiger partial charge on any atom is -0.460 e. The van der Waals surface area contributed by atoms with Crippen molar-refractivity contribution in [2.45, 2.75) is 31.7 Å². The van der Waals surface area contributed by atoms with E-state index in [9.17, 15) is 18.0 Å². The van der Waals surface area contributed by atoms with Crippen LogP contribution in [0, 0.1) is 5.92 Å². The zero-order valence-electron chi connectivity index (χ0n) is 10.8. The fraction of sp³-hybridized carbons (Fsp3) is 0.500. The Labute approximate surface area is 115 Å². The summed E-state index contributed by atoms with van der Waals surface area (Å²) in [6, 6.07) is 8.51. The van der Waals surface area contributed by atoms with E-state index < -0.39 is 24.1 Å². The summed E-state index contributed by atoms with van der Waals surface area (Å²) in [5, 5.41) is 2.62. The van der Waals surface area contributed by atoms with Crippen LogP contribution in [0.4, 0.5) is 13.2 Å². The second-order valence-corrected chi connectivity index (χ2v) is 4.87. The number of halogens is 3. The van der Waals surface area contributed by atoms with Gasteiger partial charge in [0.05, 0.1) is 5.92 Å². The fourth-order valence-electron chi connectivity index (χ4n) is 2.17. The number of piperidine rings is 1. The number of hydrogen-bond donors (Lipinski definition) is 1. The smallest absolute Gasteiger partial charge is 0.393 e. The van der Waals surface area contributed by atoms with Gasteiger partial charge in [0.15, 0.2) is 0 Å². The van der Waals surface area contributed by atoms with Crippen LogP contribution >= 0.6 is 0 Å². The lowest BCUT2D eigenvalue weighted by atomic mass is 9.94. The van der Waals surface area contributed by atoms with Crippen LogP contribution in [0.3, 0.4) is 0 Å². The molecular weight excluding hydrogens is 271 g/mol. The molecule has 1 N–H and O–H groups in total. The van der Waals surface area contributed by atoms with Crippen LogP contribution in [0.2, 0.25) is 0 Å². The van der Waals surface area contributed by atoms with Crippen molar-refractivity contribution >= 4 is 5.97 Å². The summed E-state index contributed by atoms with van der Waals surface area (Å²) in [4.78, 5) is 11.8. The molecule has 1 heterocycles. The Hall–Kier alpha value is -1.56. The second-order valence-electron chi connectivity index (χ2n) is 4.87. The Morgan fingerprint density at radius 2 is 1.95 bits per heavy atom. The zero-order valence-corrected chi connectivity index (χ0v) is 10.8. The minimum atomic E-state index is -4.20. The quantitative estimate of drug-likeness (QED) is 0.869. The van der Waals surface area contributed by atoms with Crippen molar-refractivity contribution in [1.82, 2.24) is 5.32 Å². The molecule has 1 aliphatic rings. The standard InChI is InChI=1S/C14H16F3NO2/c15-14(16,17)11-6-7-12(18-8-11)13(19)20-9-10-4-2-1-3-5-10/h1-5,11-12,18H,6-9H2/t11-,12-/m0/s1. The lowest BCUT2D eigenvalue weighted by Gasteiger charge is -2.29. The van der Waals surface area contributed by atoms with Crippen molar-refractivity contribution in [2.75, 3.05) is 6.54 Å². The number of esters is 1. The van der Waals surface area contributed by atoms with Crippen LogP contribution in [0.15, 0.2) is 30.3 Å². The molecule has 0 radical (unpaired) electrons. The van der Waals surface area contributed by atoms with Gasteiger partial charge >= 0.3 is 12.1 Å². The second kappa shape index (κ2) is 6.26. The molecule has 2 atom stereocenters. The molecule has 0 aliphatic carbocycles. The summed E-state index contributed by atoms with van der Waals surface area (Å²) in [6.45, 7) is -0.0881. The number of carbonyl (C=O) groups excluding carboxylic acids is 1. The third-order valence-corrected chi connectivity index (χ3v) is 3.39. The van der Waals surface area contributed by atoms with Crippen molar-refractivity contribution in [3.05, 3.63) is 35.9 Å². The summed E-state index contributed by atoms with van der Waals surface area (Å²) in [5.41, 5.74) is 0.852. The number of ether oxygens (including phenoxy) is 1. The van der Waals surface area contributed by atoms with Crippen molar-refractivity contribution in [3.8, 4) is 0 Å². The molecule has 0 bridgehead atoms. The number of benzene rings is 1.